The molecule has 0 saturated carbocycles. The molecule has 1 aromatic heterocycles. The van der Waals surface area contributed by atoms with Gasteiger partial charge in [-0.25, -0.2) is 4.99 Å². The number of aliphatic imine (C=N–C) groups is 1. The summed E-state index contributed by atoms with van der Waals surface area (Å²) in [5.41, 5.74) is 0.849. The van der Waals surface area contributed by atoms with Crippen LogP contribution in [0.25, 0.3) is 6.08 Å². The number of carbonyl (C=O) groups is 2. The van der Waals surface area contributed by atoms with E-state index in [2.05, 4.69) is 16.9 Å². The summed E-state index contributed by atoms with van der Waals surface area (Å²) >= 11 is 8.93. The fraction of sp³-hybridized carbons (Fsp3) is 0.150. The quantitative estimate of drug-likeness (QED) is 0.510. The van der Waals surface area contributed by atoms with Gasteiger partial charge in [0.2, 0.25) is 5.91 Å². The minimum atomic E-state index is -0.284. The van der Waals surface area contributed by atoms with Crippen LogP contribution in [0.2, 0.25) is 5.02 Å². The second kappa shape index (κ2) is 9.78. The van der Waals surface area contributed by atoms with Crippen LogP contribution >= 0.6 is 34.7 Å². The van der Waals surface area contributed by atoms with Crippen molar-refractivity contribution in [3.8, 4) is 5.75 Å². The summed E-state index contributed by atoms with van der Waals surface area (Å²) < 4.78 is 5.18. The Balaban J connectivity index is 1.90. The highest BCUT2D eigenvalue weighted by Gasteiger charge is 2.32. The van der Waals surface area contributed by atoms with Crippen LogP contribution in [0.5, 0.6) is 5.75 Å². The van der Waals surface area contributed by atoms with Gasteiger partial charge in [-0.15, -0.1) is 17.9 Å². The number of hydrogen-bond donors (Lipinski definition) is 1. The SMILES string of the molecule is C=CCNC(=O)CSC1=N/C(=C/c2cccs2)C(=O)N1c1ccc(OC)c(Cl)c1. The van der Waals surface area contributed by atoms with E-state index in [0.717, 1.165) is 4.88 Å². The Morgan fingerprint density at radius 3 is 2.93 bits per heavy atom. The standard InChI is InChI=1S/C20H18ClN3O3S2/c1-3-8-22-18(25)12-29-20-23-16(11-14-5-4-9-28-14)19(26)24(20)13-6-7-17(27-2)15(21)10-13/h3-7,9-11H,1,8,12H2,2H3,(H,22,25)/b16-11+. The van der Waals surface area contributed by atoms with E-state index >= 15 is 0 Å². The number of halogens is 1. The number of rotatable bonds is 7. The first-order valence-electron chi connectivity index (χ1n) is 8.55. The van der Waals surface area contributed by atoms with E-state index in [-0.39, 0.29) is 17.6 Å². The molecular formula is C20H18ClN3O3S2. The number of thioether (sulfide) groups is 1. The van der Waals surface area contributed by atoms with E-state index in [1.165, 1.54) is 35.1 Å². The van der Waals surface area contributed by atoms with Crippen LogP contribution in [-0.2, 0) is 9.59 Å². The van der Waals surface area contributed by atoms with Crippen LogP contribution in [0.3, 0.4) is 0 Å². The van der Waals surface area contributed by atoms with E-state index in [9.17, 15) is 9.59 Å². The lowest BCUT2D eigenvalue weighted by atomic mass is 10.2. The predicted molar refractivity (Wildman–Crippen MR) is 121 cm³/mol. The van der Waals surface area contributed by atoms with Crippen LogP contribution in [-0.4, -0.2) is 36.4 Å². The first-order chi connectivity index (χ1) is 14.0. The molecule has 6 nitrogen and oxygen atoms in total. The van der Waals surface area contributed by atoms with Crippen LogP contribution < -0.4 is 15.0 Å². The number of ether oxygens (including phenoxy) is 1. The van der Waals surface area contributed by atoms with Gasteiger partial charge in [-0.2, -0.15) is 0 Å². The summed E-state index contributed by atoms with van der Waals surface area (Å²) in [5, 5.41) is 5.42. The van der Waals surface area contributed by atoms with Crippen LogP contribution in [0.1, 0.15) is 4.88 Å². The fourth-order valence-corrected chi connectivity index (χ4v) is 4.24. The van der Waals surface area contributed by atoms with Gasteiger partial charge in [0.25, 0.3) is 5.91 Å². The normalized spacial score (nSPS) is 14.8. The first kappa shape index (κ1) is 21.2. The van der Waals surface area contributed by atoms with Crippen molar-refractivity contribution in [1.82, 2.24) is 5.32 Å². The van der Waals surface area contributed by atoms with Crippen LogP contribution in [0, 0.1) is 0 Å². The number of methoxy groups -OCH3 is 1. The predicted octanol–water partition coefficient (Wildman–Crippen LogP) is 4.19. The number of carbonyl (C=O) groups excluding carboxylic acids is 2. The number of amidine groups is 1. The molecule has 1 aromatic carbocycles. The number of thiophene rings is 1. The van der Waals surface area contributed by atoms with Gasteiger partial charge < -0.3 is 10.1 Å². The van der Waals surface area contributed by atoms with E-state index in [1.54, 1.807) is 30.4 Å². The molecule has 0 atom stereocenters. The zero-order chi connectivity index (χ0) is 20.8. The Kier molecular flexibility index (Phi) is 7.13. The van der Waals surface area contributed by atoms with Gasteiger partial charge in [-0.3, -0.25) is 14.5 Å². The van der Waals surface area contributed by atoms with Gasteiger partial charge in [0.05, 0.1) is 23.6 Å². The molecule has 1 aliphatic heterocycles. The number of anilines is 1. The van der Waals surface area contributed by atoms with Crippen molar-refractivity contribution < 1.29 is 14.3 Å². The summed E-state index contributed by atoms with van der Waals surface area (Å²) in [6.07, 6.45) is 3.34. The van der Waals surface area contributed by atoms with E-state index in [0.29, 0.717) is 33.9 Å². The molecule has 3 rings (SSSR count). The fourth-order valence-electron chi connectivity index (χ4n) is 2.49. The minimum absolute atomic E-state index is 0.118. The Morgan fingerprint density at radius 2 is 2.28 bits per heavy atom. The number of benzene rings is 1. The lowest BCUT2D eigenvalue weighted by Crippen LogP contribution is -2.32. The van der Waals surface area contributed by atoms with Gasteiger partial charge in [0.15, 0.2) is 5.17 Å². The third-order valence-corrected chi connectivity index (χ3v) is 5.87. The van der Waals surface area contributed by atoms with Gasteiger partial charge in [-0.1, -0.05) is 35.5 Å². The lowest BCUT2D eigenvalue weighted by molar-refractivity contribution is -0.118. The smallest absolute Gasteiger partial charge is 0.283 e. The van der Waals surface area contributed by atoms with Gasteiger partial charge in [0, 0.05) is 11.4 Å². The second-order valence-corrected chi connectivity index (χ2v) is 8.11. The average Bonchev–Trinajstić information content (AvgIpc) is 3.33. The number of hydrogen-bond acceptors (Lipinski definition) is 6. The van der Waals surface area contributed by atoms with Crippen molar-refractivity contribution >= 4 is 63.4 Å². The third kappa shape index (κ3) is 5.09. The Morgan fingerprint density at radius 1 is 1.45 bits per heavy atom. The van der Waals surface area contributed by atoms with Crippen molar-refractivity contribution in [3.63, 3.8) is 0 Å². The van der Waals surface area contributed by atoms with Crippen LogP contribution in [0.4, 0.5) is 5.69 Å². The molecule has 0 aliphatic carbocycles. The van der Waals surface area contributed by atoms with Crippen molar-refractivity contribution in [2.24, 2.45) is 4.99 Å². The molecule has 0 spiro atoms. The molecule has 150 valence electrons. The molecule has 29 heavy (non-hydrogen) atoms. The highest BCUT2D eigenvalue weighted by Crippen LogP contribution is 2.34. The lowest BCUT2D eigenvalue weighted by Gasteiger charge is -2.18. The topological polar surface area (TPSA) is 71.0 Å². The van der Waals surface area contributed by atoms with Crippen molar-refractivity contribution in [3.05, 3.63) is 64.0 Å². The highest BCUT2D eigenvalue weighted by molar-refractivity contribution is 8.14. The minimum Gasteiger partial charge on any atom is -0.495 e. The van der Waals surface area contributed by atoms with E-state index in [4.69, 9.17) is 16.3 Å². The van der Waals surface area contributed by atoms with Crippen molar-refractivity contribution in [1.29, 1.82) is 0 Å². The molecule has 0 fully saturated rings. The molecule has 0 radical (unpaired) electrons. The molecule has 0 saturated heterocycles. The number of nitrogens with one attached hydrogen (secondary N) is 1. The summed E-state index contributed by atoms with van der Waals surface area (Å²) in [6, 6.07) is 8.86. The summed E-state index contributed by atoms with van der Waals surface area (Å²) in [6.45, 7) is 3.95. The maximum Gasteiger partial charge on any atom is 0.283 e. The van der Waals surface area contributed by atoms with Crippen molar-refractivity contribution in [2.45, 2.75) is 0 Å². The van der Waals surface area contributed by atoms with Gasteiger partial charge >= 0.3 is 0 Å². The Hall–Kier alpha value is -2.55. The monoisotopic (exact) mass is 447 g/mol. The summed E-state index contributed by atoms with van der Waals surface area (Å²) in [7, 11) is 1.52. The second-order valence-electron chi connectivity index (χ2n) is 5.78. The third-order valence-electron chi connectivity index (χ3n) is 3.82. The molecule has 1 aliphatic rings. The summed E-state index contributed by atoms with van der Waals surface area (Å²) in [5.74, 6) is 0.167. The molecule has 9 heteroatoms. The molecule has 0 bridgehead atoms. The van der Waals surface area contributed by atoms with E-state index < -0.39 is 0 Å². The molecule has 0 unspecified atom stereocenters. The summed E-state index contributed by atoms with van der Waals surface area (Å²) in [4.78, 5) is 31.9. The Bertz CT molecular complexity index is 987. The zero-order valence-corrected chi connectivity index (χ0v) is 17.9. The van der Waals surface area contributed by atoms with Gasteiger partial charge in [-0.05, 0) is 35.7 Å². The number of nitrogens with zero attached hydrogens (tertiary/aromatic N) is 2. The maximum atomic E-state index is 13.1. The Labute approximate surface area is 181 Å². The highest BCUT2D eigenvalue weighted by atomic mass is 35.5. The molecule has 2 aromatic rings. The number of amides is 2. The first-order valence-corrected chi connectivity index (χ1v) is 10.8. The molecular weight excluding hydrogens is 430 g/mol. The average molecular weight is 448 g/mol. The molecule has 1 N–H and O–H groups in total. The van der Waals surface area contributed by atoms with Crippen molar-refractivity contribution in [2.75, 3.05) is 24.3 Å². The molecule has 2 amide bonds. The largest absolute Gasteiger partial charge is 0.495 e. The van der Waals surface area contributed by atoms with Gasteiger partial charge in [0.1, 0.15) is 11.4 Å². The maximum absolute atomic E-state index is 13.1. The molecule has 2 heterocycles. The van der Waals surface area contributed by atoms with Crippen LogP contribution in [0.15, 0.2) is 59.1 Å². The zero-order valence-electron chi connectivity index (χ0n) is 15.6. The van der Waals surface area contributed by atoms with E-state index in [1.807, 2.05) is 17.5 Å².